The van der Waals surface area contributed by atoms with Gasteiger partial charge in [0.15, 0.2) is 8.03 Å². The van der Waals surface area contributed by atoms with E-state index in [2.05, 4.69) is 0 Å². The molecule has 0 aliphatic heterocycles. The Kier molecular flexibility index (Phi) is 10.7. The standard InChI is InChI=1S/C7H17O4P.Na.H/c1-5-9-7(3,10-6-2)11-12(4)8;;/h12H,5-6H2,1-4H3;;. The van der Waals surface area contributed by atoms with E-state index in [4.69, 9.17) is 14.0 Å². The van der Waals surface area contributed by atoms with E-state index in [-0.39, 0.29) is 29.6 Å². The van der Waals surface area contributed by atoms with Gasteiger partial charge in [-0.05, 0) is 13.8 Å². The van der Waals surface area contributed by atoms with Crippen LogP contribution in [-0.4, -0.2) is 55.4 Å². The summed E-state index contributed by atoms with van der Waals surface area (Å²) in [6.45, 7) is 7.70. The molecule has 0 aliphatic carbocycles. The molecule has 0 aliphatic rings. The van der Waals surface area contributed by atoms with E-state index >= 15 is 0 Å². The molecule has 6 heteroatoms. The van der Waals surface area contributed by atoms with E-state index in [0.29, 0.717) is 13.2 Å². The van der Waals surface area contributed by atoms with Gasteiger partial charge in [0.05, 0.1) is 0 Å². The number of hydrogen-bond acceptors (Lipinski definition) is 4. The Bertz CT molecular complexity index is 147. The second kappa shape index (κ2) is 8.42. The van der Waals surface area contributed by atoms with Gasteiger partial charge in [0, 0.05) is 26.8 Å². The molecule has 13 heavy (non-hydrogen) atoms. The fraction of sp³-hybridized carbons (Fsp3) is 1.00. The van der Waals surface area contributed by atoms with Gasteiger partial charge < -0.3 is 9.47 Å². The first kappa shape index (κ1) is 16.5. The van der Waals surface area contributed by atoms with E-state index in [1.165, 1.54) is 6.66 Å². The second-order valence-corrected chi connectivity index (χ2v) is 3.51. The third-order valence-electron chi connectivity index (χ3n) is 1.14. The summed E-state index contributed by atoms with van der Waals surface area (Å²) in [6, 6.07) is 0. The zero-order valence-electron chi connectivity index (χ0n) is 8.05. The fourth-order valence-electron chi connectivity index (χ4n) is 0.886. The van der Waals surface area contributed by atoms with Crippen LogP contribution in [0.3, 0.4) is 0 Å². The normalized spacial score (nSPS) is 13.5. The Morgan fingerprint density at radius 3 is 1.85 bits per heavy atom. The molecule has 0 N–H and O–H groups in total. The van der Waals surface area contributed by atoms with Crippen molar-refractivity contribution >= 4 is 37.6 Å². The maximum atomic E-state index is 10.8. The number of rotatable bonds is 6. The molecular weight excluding hydrogens is 202 g/mol. The van der Waals surface area contributed by atoms with Gasteiger partial charge in [0.1, 0.15) is 0 Å². The summed E-state index contributed by atoms with van der Waals surface area (Å²) in [7, 11) is -2.04. The molecule has 0 bridgehead atoms. The van der Waals surface area contributed by atoms with Crippen LogP contribution in [0.15, 0.2) is 0 Å². The molecule has 0 aromatic rings. The summed E-state index contributed by atoms with van der Waals surface area (Å²) < 4.78 is 26.2. The molecule has 0 amide bonds. The summed E-state index contributed by atoms with van der Waals surface area (Å²) in [6.07, 6.45) is 0. The van der Waals surface area contributed by atoms with Crippen LogP contribution in [0.1, 0.15) is 20.8 Å². The number of hydrogen-bond donors (Lipinski definition) is 0. The van der Waals surface area contributed by atoms with Crippen LogP contribution in [0.4, 0.5) is 0 Å². The van der Waals surface area contributed by atoms with Gasteiger partial charge in [-0.25, -0.2) is 0 Å². The Hall–Kier alpha value is 1.11. The van der Waals surface area contributed by atoms with Crippen LogP contribution in [0.2, 0.25) is 0 Å². The van der Waals surface area contributed by atoms with Gasteiger partial charge >= 0.3 is 29.6 Å². The van der Waals surface area contributed by atoms with E-state index in [9.17, 15) is 4.57 Å². The van der Waals surface area contributed by atoms with Gasteiger partial charge in [0.25, 0.3) is 5.97 Å². The van der Waals surface area contributed by atoms with Gasteiger partial charge in [-0.15, -0.1) is 0 Å². The third-order valence-corrected chi connectivity index (χ3v) is 1.80. The second-order valence-electron chi connectivity index (χ2n) is 2.32. The topological polar surface area (TPSA) is 44.8 Å². The minimum absolute atomic E-state index is 0. The van der Waals surface area contributed by atoms with Crippen molar-refractivity contribution in [3.05, 3.63) is 0 Å². The van der Waals surface area contributed by atoms with Gasteiger partial charge in [-0.2, -0.15) is 0 Å². The monoisotopic (exact) mass is 220 g/mol. The molecule has 0 saturated carbocycles. The third kappa shape index (κ3) is 8.13. The molecule has 1 atom stereocenters. The molecule has 0 aromatic heterocycles. The van der Waals surface area contributed by atoms with Crippen molar-refractivity contribution in [1.82, 2.24) is 0 Å². The van der Waals surface area contributed by atoms with Crippen molar-refractivity contribution in [2.24, 2.45) is 0 Å². The molecule has 4 nitrogen and oxygen atoms in total. The minimum atomic E-state index is -2.04. The quantitative estimate of drug-likeness (QED) is 0.383. The molecule has 0 radical (unpaired) electrons. The average molecular weight is 220 g/mol. The Morgan fingerprint density at radius 2 is 1.62 bits per heavy atom. The first-order valence-corrected chi connectivity index (χ1v) is 5.83. The van der Waals surface area contributed by atoms with Crippen molar-refractivity contribution in [3.63, 3.8) is 0 Å². The summed E-state index contributed by atoms with van der Waals surface area (Å²) in [5.74, 6) is -1.14. The van der Waals surface area contributed by atoms with Crippen molar-refractivity contribution in [2.75, 3.05) is 19.9 Å². The molecule has 0 aromatic carbocycles. The summed E-state index contributed by atoms with van der Waals surface area (Å²) in [5.41, 5.74) is 0. The van der Waals surface area contributed by atoms with E-state index in [1.54, 1.807) is 6.92 Å². The molecule has 0 heterocycles. The Balaban J connectivity index is 0. The maximum absolute atomic E-state index is 10.8. The fourth-order valence-corrected chi connectivity index (χ4v) is 1.53. The Morgan fingerprint density at radius 1 is 1.23 bits per heavy atom. The van der Waals surface area contributed by atoms with Crippen molar-refractivity contribution in [2.45, 2.75) is 26.7 Å². The summed E-state index contributed by atoms with van der Waals surface area (Å²) in [5, 5.41) is 0. The molecule has 0 spiro atoms. The molecule has 76 valence electrons. The van der Waals surface area contributed by atoms with Crippen LogP contribution in [0.25, 0.3) is 0 Å². The van der Waals surface area contributed by atoms with Crippen molar-refractivity contribution in [3.8, 4) is 0 Å². The zero-order valence-corrected chi connectivity index (χ0v) is 9.05. The van der Waals surface area contributed by atoms with E-state index in [0.717, 1.165) is 0 Å². The summed E-state index contributed by atoms with van der Waals surface area (Å²) in [4.78, 5) is 0. The molecule has 0 rings (SSSR count). The Labute approximate surface area is 102 Å². The van der Waals surface area contributed by atoms with Crippen LogP contribution in [-0.2, 0) is 18.6 Å². The van der Waals surface area contributed by atoms with Crippen LogP contribution in [0.5, 0.6) is 0 Å². The van der Waals surface area contributed by atoms with E-state index < -0.39 is 14.0 Å². The average Bonchev–Trinajstić information content (AvgIpc) is 1.85. The van der Waals surface area contributed by atoms with E-state index in [1.807, 2.05) is 13.8 Å². The molecule has 0 saturated heterocycles. The predicted molar refractivity (Wildman–Crippen MR) is 54.8 cm³/mol. The number of ether oxygens (including phenoxy) is 2. The van der Waals surface area contributed by atoms with Crippen LogP contribution in [0, 0.1) is 0 Å². The summed E-state index contributed by atoms with van der Waals surface area (Å²) >= 11 is 0. The predicted octanol–water partition coefficient (Wildman–Crippen LogP) is 1.21. The zero-order chi connectivity index (χ0) is 9.61. The van der Waals surface area contributed by atoms with Crippen LogP contribution < -0.4 is 0 Å². The SMILES string of the molecule is CCOC(C)(OCC)O[PH](C)=O.[NaH]. The molecule has 1 unspecified atom stereocenters. The van der Waals surface area contributed by atoms with Crippen molar-refractivity contribution < 1.29 is 18.6 Å². The van der Waals surface area contributed by atoms with Gasteiger partial charge in [-0.1, -0.05) is 0 Å². The first-order chi connectivity index (χ1) is 5.54. The van der Waals surface area contributed by atoms with Crippen molar-refractivity contribution in [1.29, 1.82) is 0 Å². The van der Waals surface area contributed by atoms with Gasteiger partial charge in [-0.3, -0.25) is 9.09 Å². The molecular formula is C7H18NaO4P. The molecule has 0 fully saturated rings. The van der Waals surface area contributed by atoms with Crippen LogP contribution >= 0.6 is 8.03 Å². The van der Waals surface area contributed by atoms with Gasteiger partial charge in [0.2, 0.25) is 0 Å². The first-order valence-electron chi connectivity index (χ1n) is 4.01.